The van der Waals surface area contributed by atoms with Crippen LogP contribution in [0.3, 0.4) is 0 Å². The summed E-state index contributed by atoms with van der Waals surface area (Å²) in [5.41, 5.74) is 6.61. The number of hydrogen-bond donors (Lipinski definition) is 1. The molecule has 0 bridgehead atoms. The molecule has 1 aromatic rings. The Labute approximate surface area is 123 Å². The van der Waals surface area contributed by atoms with E-state index in [-0.39, 0.29) is 5.91 Å². The Bertz CT molecular complexity index is 471. The third kappa shape index (κ3) is 3.15. The minimum Gasteiger partial charge on any atom is -0.397 e. The van der Waals surface area contributed by atoms with Crippen molar-refractivity contribution < 1.29 is 4.79 Å². The second kappa shape index (κ2) is 5.59. The Morgan fingerprint density at radius 1 is 1.26 bits per heavy atom. The molecular weight excluding hydrogens is 283 g/mol. The van der Waals surface area contributed by atoms with Crippen LogP contribution in [0.1, 0.15) is 30.6 Å². The fourth-order valence-electron chi connectivity index (χ4n) is 2.75. The predicted molar refractivity (Wildman–Crippen MR) is 79.7 cm³/mol. The van der Waals surface area contributed by atoms with Gasteiger partial charge in [0.2, 0.25) is 0 Å². The highest BCUT2D eigenvalue weighted by atomic mass is 35.5. The third-order valence-electron chi connectivity index (χ3n) is 3.46. The first-order chi connectivity index (χ1) is 8.88. The fourth-order valence-corrected chi connectivity index (χ4v) is 3.08. The van der Waals surface area contributed by atoms with Crippen molar-refractivity contribution in [3.8, 4) is 0 Å². The van der Waals surface area contributed by atoms with Crippen LogP contribution in [0.2, 0.25) is 10.0 Å². The quantitative estimate of drug-likeness (QED) is 0.804. The molecule has 3 nitrogen and oxygen atoms in total. The zero-order chi connectivity index (χ0) is 14.2. The molecule has 1 fully saturated rings. The number of rotatable bonds is 1. The highest BCUT2D eigenvalue weighted by Gasteiger charge is 2.26. The van der Waals surface area contributed by atoms with Gasteiger partial charge in [0, 0.05) is 18.7 Å². The first-order valence-electron chi connectivity index (χ1n) is 6.42. The van der Waals surface area contributed by atoms with Gasteiger partial charge in [0.15, 0.2) is 0 Å². The summed E-state index contributed by atoms with van der Waals surface area (Å²) in [5, 5.41) is 0.627. The van der Waals surface area contributed by atoms with Gasteiger partial charge in [0.1, 0.15) is 0 Å². The number of hydrogen-bond acceptors (Lipinski definition) is 2. The lowest BCUT2D eigenvalue weighted by atomic mass is 9.91. The van der Waals surface area contributed by atoms with Crippen molar-refractivity contribution in [2.75, 3.05) is 18.8 Å². The fraction of sp³-hybridized carbons (Fsp3) is 0.500. The van der Waals surface area contributed by atoms with E-state index < -0.39 is 0 Å². The topological polar surface area (TPSA) is 46.3 Å². The van der Waals surface area contributed by atoms with E-state index in [4.69, 9.17) is 28.9 Å². The molecule has 0 saturated carbocycles. The van der Waals surface area contributed by atoms with Crippen molar-refractivity contribution >= 4 is 34.8 Å². The number of carbonyl (C=O) groups excluding carboxylic acids is 1. The summed E-state index contributed by atoms with van der Waals surface area (Å²) in [5.74, 6) is 1.02. The van der Waals surface area contributed by atoms with E-state index in [1.807, 2.05) is 4.90 Å². The van der Waals surface area contributed by atoms with Crippen molar-refractivity contribution in [2.24, 2.45) is 11.8 Å². The summed E-state index contributed by atoms with van der Waals surface area (Å²) in [6.07, 6.45) is 1.16. The van der Waals surface area contributed by atoms with E-state index in [0.29, 0.717) is 33.1 Å². The number of carbonyl (C=O) groups is 1. The van der Waals surface area contributed by atoms with Gasteiger partial charge in [-0.25, -0.2) is 0 Å². The number of amides is 1. The molecule has 19 heavy (non-hydrogen) atoms. The highest BCUT2D eigenvalue weighted by molar-refractivity contribution is 6.43. The molecule has 1 amide bonds. The first-order valence-corrected chi connectivity index (χ1v) is 7.18. The predicted octanol–water partition coefficient (Wildman–Crippen LogP) is 3.69. The van der Waals surface area contributed by atoms with Gasteiger partial charge in [-0.15, -0.1) is 0 Å². The summed E-state index contributed by atoms with van der Waals surface area (Å²) >= 11 is 11.9. The highest BCUT2D eigenvalue weighted by Crippen LogP contribution is 2.30. The molecule has 1 aliphatic rings. The Hall–Kier alpha value is -0.930. The van der Waals surface area contributed by atoms with Crippen molar-refractivity contribution in [1.82, 2.24) is 4.90 Å². The standard InChI is InChI=1S/C14H18Cl2N2O/c1-8-3-9(2)7-18(6-8)14(19)10-4-11(15)13(16)12(17)5-10/h4-5,8-9H,3,6-7,17H2,1-2H3/t8-,9-/m1/s1. The number of halogens is 2. The Morgan fingerprint density at radius 3 is 2.37 bits per heavy atom. The van der Waals surface area contributed by atoms with Crippen LogP contribution < -0.4 is 5.73 Å². The average molecular weight is 301 g/mol. The monoisotopic (exact) mass is 300 g/mol. The van der Waals surface area contributed by atoms with Crippen molar-refractivity contribution in [3.05, 3.63) is 27.7 Å². The van der Waals surface area contributed by atoms with Crippen LogP contribution in [0.5, 0.6) is 0 Å². The Balaban J connectivity index is 2.24. The smallest absolute Gasteiger partial charge is 0.254 e. The maximum atomic E-state index is 12.5. The van der Waals surface area contributed by atoms with E-state index in [2.05, 4.69) is 13.8 Å². The molecule has 1 aromatic carbocycles. The molecule has 1 aliphatic heterocycles. The van der Waals surface area contributed by atoms with Crippen LogP contribution in [0.25, 0.3) is 0 Å². The zero-order valence-corrected chi connectivity index (χ0v) is 12.6. The van der Waals surface area contributed by atoms with E-state index >= 15 is 0 Å². The van der Waals surface area contributed by atoms with Gasteiger partial charge >= 0.3 is 0 Å². The van der Waals surface area contributed by atoms with Gasteiger partial charge in [-0.3, -0.25) is 4.79 Å². The number of likely N-dealkylation sites (tertiary alicyclic amines) is 1. The Kier molecular flexibility index (Phi) is 4.26. The van der Waals surface area contributed by atoms with Crippen molar-refractivity contribution in [3.63, 3.8) is 0 Å². The summed E-state index contributed by atoms with van der Waals surface area (Å²) in [6, 6.07) is 3.19. The number of benzene rings is 1. The lowest BCUT2D eigenvalue weighted by Crippen LogP contribution is -2.42. The summed E-state index contributed by atoms with van der Waals surface area (Å²) < 4.78 is 0. The molecule has 1 heterocycles. The van der Waals surface area contributed by atoms with Gasteiger partial charge < -0.3 is 10.6 Å². The second-order valence-corrected chi connectivity index (χ2v) is 6.30. The molecule has 2 rings (SSSR count). The van der Waals surface area contributed by atoms with E-state index in [9.17, 15) is 4.79 Å². The molecule has 104 valence electrons. The lowest BCUT2D eigenvalue weighted by Gasteiger charge is -2.35. The minimum absolute atomic E-state index is 0.0244. The van der Waals surface area contributed by atoms with Gasteiger partial charge in [-0.2, -0.15) is 0 Å². The summed E-state index contributed by atoms with van der Waals surface area (Å²) in [6.45, 7) is 5.89. The number of piperidine rings is 1. The number of nitrogens with two attached hydrogens (primary N) is 1. The largest absolute Gasteiger partial charge is 0.397 e. The van der Waals surface area contributed by atoms with Crippen LogP contribution >= 0.6 is 23.2 Å². The third-order valence-corrected chi connectivity index (χ3v) is 4.28. The molecule has 2 N–H and O–H groups in total. The van der Waals surface area contributed by atoms with Crippen LogP contribution in [0.15, 0.2) is 12.1 Å². The number of nitrogen functional groups attached to an aromatic ring is 1. The van der Waals surface area contributed by atoms with Crippen LogP contribution in [-0.4, -0.2) is 23.9 Å². The van der Waals surface area contributed by atoms with E-state index in [1.165, 1.54) is 0 Å². The van der Waals surface area contributed by atoms with Gasteiger partial charge in [-0.1, -0.05) is 37.0 Å². The maximum absolute atomic E-state index is 12.5. The van der Waals surface area contributed by atoms with Crippen molar-refractivity contribution in [2.45, 2.75) is 20.3 Å². The number of anilines is 1. The molecule has 2 atom stereocenters. The zero-order valence-electron chi connectivity index (χ0n) is 11.1. The van der Waals surface area contributed by atoms with E-state index in [0.717, 1.165) is 19.5 Å². The van der Waals surface area contributed by atoms with Gasteiger partial charge in [-0.05, 0) is 30.4 Å². The van der Waals surface area contributed by atoms with Crippen LogP contribution in [0, 0.1) is 11.8 Å². The summed E-state index contributed by atoms with van der Waals surface area (Å²) in [7, 11) is 0. The van der Waals surface area contributed by atoms with E-state index in [1.54, 1.807) is 12.1 Å². The molecule has 5 heteroatoms. The van der Waals surface area contributed by atoms with Gasteiger partial charge in [0.25, 0.3) is 5.91 Å². The first kappa shape index (κ1) is 14.5. The van der Waals surface area contributed by atoms with Crippen molar-refractivity contribution in [1.29, 1.82) is 0 Å². The van der Waals surface area contributed by atoms with Crippen LogP contribution in [0.4, 0.5) is 5.69 Å². The van der Waals surface area contributed by atoms with Gasteiger partial charge in [0.05, 0.1) is 15.7 Å². The average Bonchev–Trinajstić information content (AvgIpc) is 2.33. The van der Waals surface area contributed by atoms with Crippen LogP contribution in [-0.2, 0) is 0 Å². The normalized spacial score (nSPS) is 23.5. The molecule has 0 unspecified atom stereocenters. The molecular formula is C14H18Cl2N2O. The molecule has 0 aromatic heterocycles. The molecule has 1 saturated heterocycles. The lowest BCUT2D eigenvalue weighted by molar-refractivity contribution is 0.0623. The summed E-state index contributed by atoms with van der Waals surface area (Å²) in [4.78, 5) is 14.3. The molecule has 0 radical (unpaired) electrons. The minimum atomic E-state index is -0.0244. The molecule has 0 spiro atoms. The maximum Gasteiger partial charge on any atom is 0.254 e. The molecule has 0 aliphatic carbocycles. The Morgan fingerprint density at radius 2 is 1.84 bits per heavy atom. The number of nitrogens with zero attached hydrogens (tertiary/aromatic N) is 1. The second-order valence-electron chi connectivity index (χ2n) is 5.52. The SMILES string of the molecule is C[C@@H]1C[C@@H](C)CN(C(=O)c2cc(N)c(Cl)c(Cl)c2)C1.